The number of amides is 1. The van der Waals surface area contributed by atoms with Crippen LogP contribution in [0, 0.1) is 0 Å². The van der Waals surface area contributed by atoms with Crippen molar-refractivity contribution in [2.24, 2.45) is 0 Å². The molecule has 9 heteroatoms. The van der Waals surface area contributed by atoms with Crippen LogP contribution in [0.3, 0.4) is 0 Å². The lowest BCUT2D eigenvalue weighted by atomic mass is 9.48. The predicted octanol–water partition coefficient (Wildman–Crippen LogP) is 6.68. The van der Waals surface area contributed by atoms with E-state index in [-0.39, 0.29) is 23.3 Å². The summed E-state index contributed by atoms with van der Waals surface area (Å²) >= 11 is 0. The van der Waals surface area contributed by atoms with Gasteiger partial charge in [-0.1, -0.05) is 54.6 Å². The Morgan fingerprint density at radius 3 is 2.67 bits per heavy atom. The Hall–Kier alpha value is -4.08. The van der Waals surface area contributed by atoms with Gasteiger partial charge in [0.15, 0.2) is 11.5 Å². The van der Waals surface area contributed by atoms with Crippen LogP contribution in [0.25, 0.3) is 6.08 Å². The van der Waals surface area contributed by atoms with Gasteiger partial charge in [-0.3, -0.25) is 9.69 Å². The molecule has 4 aliphatic rings. The number of hydrogen-bond acceptors (Lipinski definition) is 5. The van der Waals surface area contributed by atoms with Gasteiger partial charge in [0, 0.05) is 30.8 Å². The summed E-state index contributed by atoms with van der Waals surface area (Å²) in [6.07, 6.45) is 4.08. The van der Waals surface area contributed by atoms with E-state index >= 15 is 0 Å². The van der Waals surface area contributed by atoms with E-state index in [2.05, 4.69) is 23.6 Å². The van der Waals surface area contributed by atoms with Crippen LogP contribution in [0.15, 0.2) is 85.5 Å². The molecule has 2 aliphatic carbocycles. The smallest absolute Gasteiger partial charge is 0.416 e. The Kier molecular flexibility index (Phi) is 8.40. The molecule has 1 spiro atoms. The highest BCUT2D eigenvalue weighted by atomic mass is 19.4. The summed E-state index contributed by atoms with van der Waals surface area (Å²) in [5.74, 6) is 0.102. The molecule has 6 nitrogen and oxygen atoms in total. The third-order valence-corrected chi connectivity index (χ3v) is 11.2. The zero-order chi connectivity index (χ0) is 33.7. The number of benzene rings is 3. The van der Waals surface area contributed by atoms with Crippen LogP contribution >= 0.6 is 0 Å². The van der Waals surface area contributed by atoms with E-state index < -0.39 is 34.9 Å². The molecule has 2 fully saturated rings. The van der Waals surface area contributed by atoms with Gasteiger partial charge >= 0.3 is 6.18 Å². The van der Waals surface area contributed by atoms with Crippen molar-refractivity contribution in [3.8, 4) is 11.5 Å². The van der Waals surface area contributed by atoms with Crippen molar-refractivity contribution in [3.05, 3.63) is 113 Å². The largest absolute Gasteiger partial charge is 0.504 e. The average molecular weight is 659 g/mol. The molecule has 2 N–H and O–H groups in total. The van der Waals surface area contributed by atoms with E-state index in [1.54, 1.807) is 17.0 Å². The van der Waals surface area contributed by atoms with Crippen LogP contribution in [-0.4, -0.2) is 69.3 Å². The fourth-order valence-electron chi connectivity index (χ4n) is 9.09. The van der Waals surface area contributed by atoms with Crippen molar-refractivity contribution in [1.29, 1.82) is 0 Å². The van der Waals surface area contributed by atoms with Crippen molar-refractivity contribution < 1.29 is 32.9 Å². The summed E-state index contributed by atoms with van der Waals surface area (Å²) in [5.41, 5.74) is 0.652. The second-order valence-electron chi connectivity index (χ2n) is 13.7. The first-order valence-corrected chi connectivity index (χ1v) is 16.9. The van der Waals surface area contributed by atoms with E-state index in [0.717, 1.165) is 36.1 Å². The maximum absolute atomic E-state index is 14.2. The number of carbonyl (C=O) groups is 1. The van der Waals surface area contributed by atoms with Crippen molar-refractivity contribution in [2.75, 3.05) is 19.6 Å². The molecule has 2 heterocycles. The summed E-state index contributed by atoms with van der Waals surface area (Å²) < 4.78 is 46.9. The number of unbranched alkanes of at least 4 members (excludes halogenated alkanes) is 1. The molecule has 3 aromatic carbocycles. The third kappa shape index (κ3) is 5.31. The van der Waals surface area contributed by atoms with Gasteiger partial charge in [0.05, 0.1) is 22.6 Å². The first kappa shape index (κ1) is 32.5. The minimum absolute atomic E-state index is 0.0239. The topological polar surface area (TPSA) is 73.2 Å². The van der Waals surface area contributed by atoms with Crippen molar-refractivity contribution >= 4 is 12.0 Å². The van der Waals surface area contributed by atoms with Gasteiger partial charge in [0.2, 0.25) is 5.91 Å². The maximum atomic E-state index is 14.2. The predicted molar refractivity (Wildman–Crippen MR) is 178 cm³/mol. The van der Waals surface area contributed by atoms with E-state index in [4.69, 9.17) is 4.74 Å². The summed E-state index contributed by atoms with van der Waals surface area (Å²) in [6, 6.07) is 18.0. The molecule has 7 rings (SSSR count). The average Bonchev–Trinajstić information content (AvgIpc) is 3.43. The first-order valence-electron chi connectivity index (χ1n) is 16.9. The van der Waals surface area contributed by atoms with Crippen molar-refractivity contribution in [3.63, 3.8) is 0 Å². The lowest BCUT2D eigenvalue weighted by molar-refractivity contribution is -0.199. The number of carbonyl (C=O) groups excluding carboxylic acids is 1. The highest BCUT2D eigenvalue weighted by Gasteiger charge is 2.73. The zero-order valence-electron chi connectivity index (χ0n) is 26.8. The Bertz CT molecular complexity index is 1730. The molecule has 2 unspecified atom stereocenters. The summed E-state index contributed by atoms with van der Waals surface area (Å²) in [5, 5.41) is 23.8. The van der Waals surface area contributed by atoms with E-state index in [0.29, 0.717) is 57.5 Å². The molecule has 1 saturated carbocycles. The molecule has 252 valence electrons. The van der Waals surface area contributed by atoms with Gasteiger partial charge in [-0.15, -0.1) is 6.58 Å². The Labute approximate surface area is 279 Å². The Balaban J connectivity index is 1.23. The molecule has 5 atom stereocenters. The second kappa shape index (κ2) is 12.4. The number of alkyl halides is 3. The first-order chi connectivity index (χ1) is 23.1. The molecule has 2 bridgehead atoms. The van der Waals surface area contributed by atoms with Crippen LogP contribution in [0.2, 0.25) is 0 Å². The summed E-state index contributed by atoms with van der Waals surface area (Å²) in [6.45, 7) is 5.71. The van der Waals surface area contributed by atoms with Gasteiger partial charge in [0.1, 0.15) is 6.10 Å². The summed E-state index contributed by atoms with van der Waals surface area (Å²) in [7, 11) is 0. The molecule has 1 saturated heterocycles. The number of rotatable bonds is 10. The molecule has 0 radical (unpaired) electrons. The molecular formula is C39H41F3N2O4. The number of phenolic OH excluding ortho intramolecular Hbond substituents is 1. The summed E-state index contributed by atoms with van der Waals surface area (Å²) in [4.78, 5) is 18.3. The van der Waals surface area contributed by atoms with Gasteiger partial charge in [-0.25, -0.2) is 0 Å². The van der Waals surface area contributed by atoms with Crippen molar-refractivity contribution in [2.45, 2.75) is 80.3 Å². The molecule has 0 aromatic heterocycles. The van der Waals surface area contributed by atoms with E-state index in [1.807, 2.05) is 30.3 Å². The molecule has 2 aliphatic heterocycles. The minimum atomic E-state index is -4.49. The lowest BCUT2D eigenvalue weighted by Gasteiger charge is -2.64. The highest BCUT2D eigenvalue weighted by molar-refractivity contribution is 5.92. The Morgan fingerprint density at radius 1 is 1.08 bits per heavy atom. The van der Waals surface area contributed by atoms with Crippen LogP contribution < -0.4 is 4.74 Å². The molecule has 3 aromatic rings. The normalized spacial score (nSPS) is 27.4. The standard InChI is InChI=1S/C39H41F3N2O4/c1-2-21-43-23-20-37-34-28-15-16-31(45)35(34)48-36(37)30(18-19-38(37,47)32(43)25-28)44(22-7-6-11-26-9-4-3-5-10-26)33(46)17-14-27-12-8-13-29(24-27)39(40,41)42/h2-5,8-10,12-17,24,30,32,36,45,47H,1,6-7,11,18-23,25H2/b17-14+/t30?,32-,36?,37+,38-/m1/s1. The van der Waals surface area contributed by atoms with Crippen molar-refractivity contribution in [1.82, 2.24) is 9.80 Å². The van der Waals surface area contributed by atoms with Gasteiger partial charge < -0.3 is 19.8 Å². The number of aliphatic hydroxyl groups is 1. The van der Waals surface area contributed by atoms with E-state index in [9.17, 15) is 28.2 Å². The van der Waals surface area contributed by atoms with Gasteiger partial charge in [0.25, 0.3) is 0 Å². The number of likely N-dealkylation sites (tertiary alicyclic amines) is 1. The number of aryl methyl sites for hydroxylation is 1. The SMILES string of the molecule is C=CCN1CC[C@]23c4c5ccc(O)c4OC2C(N(CCCCc2ccccc2)C(=O)/C=C/c2cccc(C(F)(F)F)c2)CC[C@@]3(O)[C@H]1C5. The number of aromatic hydroxyl groups is 1. The molecule has 48 heavy (non-hydrogen) atoms. The second-order valence-corrected chi connectivity index (χ2v) is 13.7. The number of hydrogen-bond donors (Lipinski definition) is 2. The van der Waals surface area contributed by atoms with Crippen LogP contribution in [0.1, 0.15) is 59.9 Å². The third-order valence-electron chi connectivity index (χ3n) is 11.2. The number of nitrogens with zero attached hydrogens (tertiary/aromatic N) is 2. The van der Waals surface area contributed by atoms with Crippen LogP contribution in [-0.2, 0) is 29.2 Å². The molecular weight excluding hydrogens is 617 g/mol. The number of halogens is 3. The zero-order valence-corrected chi connectivity index (χ0v) is 26.8. The maximum Gasteiger partial charge on any atom is 0.416 e. The molecule has 1 amide bonds. The van der Waals surface area contributed by atoms with E-state index in [1.165, 1.54) is 23.8 Å². The van der Waals surface area contributed by atoms with Gasteiger partial charge in [-0.05, 0) is 92.5 Å². The highest BCUT2D eigenvalue weighted by Crippen LogP contribution is 2.65. The van der Waals surface area contributed by atoms with Crippen LogP contribution in [0.4, 0.5) is 13.2 Å². The number of piperidine rings is 1. The monoisotopic (exact) mass is 658 g/mol. The number of phenols is 1. The minimum Gasteiger partial charge on any atom is -0.504 e. The fourth-order valence-corrected chi connectivity index (χ4v) is 9.09. The van der Waals surface area contributed by atoms with Gasteiger partial charge in [-0.2, -0.15) is 13.2 Å². The quantitative estimate of drug-likeness (QED) is 0.144. The fraction of sp³-hybridized carbons (Fsp3) is 0.410. The lowest BCUT2D eigenvalue weighted by Crippen LogP contribution is -2.78. The number of ether oxygens (including phenoxy) is 1. The Morgan fingerprint density at radius 2 is 1.90 bits per heavy atom. The van der Waals surface area contributed by atoms with Crippen LogP contribution in [0.5, 0.6) is 11.5 Å².